The fourth-order valence-corrected chi connectivity index (χ4v) is 2.85. The van der Waals surface area contributed by atoms with Crippen LogP contribution in [0.1, 0.15) is 5.56 Å². The van der Waals surface area contributed by atoms with Crippen LogP contribution in [0.25, 0.3) is 0 Å². The van der Waals surface area contributed by atoms with Gasteiger partial charge in [0.15, 0.2) is 11.5 Å². The summed E-state index contributed by atoms with van der Waals surface area (Å²) in [5.74, 6) is -0.0455. The van der Waals surface area contributed by atoms with Gasteiger partial charge in [-0.05, 0) is 29.8 Å². The van der Waals surface area contributed by atoms with E-state index in [-0.39, 0.29) is 19.0 Å². The van der Waals surface area contributed by atoms with E-state index >= 15 is 0 Å². The molecule has 2 aromatic rings. The quantitative estimate of drug-likeness (QED) is 0.771. The smallest absolute Gasteiger partial charge is 0.231 e. The molecule has 1 N–H and O–H groups in total. The maximum atomic E-state index is 13.7. The van der Waals surface area contributed by atoms with Gasteiger partial charge in [0.1, 0.15) is 17.3 Å². The summed E-state index contributed by atoms with van der Waals surface area (Å²) in [7, 11) is 0. The third-order valence-electron chi connectivity index (χ3n) is 3.00. The zero-order chi connectivity index (χ0) is 15.0. The van der Waals surface area contributed by atoms with Crippen molar-refractivity contribution in [3.05, 3.63) is 50.4 Å². The summed E-state index contributed by atoms with van der Waals surface area (Å²) in [4.78, 5) is 0. The second kappa shape index (κ2) is 5.81. The Hall–Kier alpha value is -1.34. The fraction of sp³-hybridized carbons (Fsp3) is 0.143. The number of anilines is 1. The summed E-state index contributed by atoms with van der Waals surface area (Å²) in [6, 6.07) is 5.96. The van der Waals surface area contributed by atoms with Gasteiger partial charge >= 0.3 is 0 Å². The van der Waals surface area contributed by atoms with Crippen LogP contribution < -0.4 is 14.8 Å². The van der Waals surface area contributed by atoms with Crippen LogP contribution in [0.4, 0.5) is 14.5 Å². The van der Waals surface area contributed by atoms with Gasteiger partial charge in [-0.1, -0.05) is 31.9 Å². The van der Waals surface area contributed by atoms with Gasteiger partial charge in [-0.3, -0.25) is 0 Å². The van der Waals surface area contributed by atoms with Crippen molar-refractivity contribution in [2.45, 2.75) is 6.54 Å². The highest BCUT2D eigenvalue weighted by molar-refractivity contribution is 9.10. The minimum Gasteiger partial charge on any atom is -0.454 e. The molecule has 0 spiro atoms. The Morgan fingerprint density at radius 3 is 2.29 bits per heavy atom. The molecule has 0 bridgehead atoms. The maximum absolute atomic E-state index is 13.7. The lowest BCUT2D eigenvalue weighted by Gasteiger charge is -2.11. The number of hydrogen-bond donors (Lipinski definition) is 1. The van der Waals surface area contributed by atoms with E-state index in [0.29, 0.717) is 16.0 Å². The number of ether oxygens (including phenoxy) is 2. The van der Waals surface area contributed by atoms with Crippen molar-refractivity contribution < 1.29 is 18.3 Å². The molecule has 0 saturated carbocycles. The third-order valence-corrected chi connectivity index (χ3v) is 4.20. The van der Waals surface area contributed by atoms with Crippen LogP contribution in [0, 0.1) is 11.6 Å². The van der Waals surface area contributed by atoms with Crippen LogP contribution in [-0.4, -0.2) is 6.79 Å². The number of halogens is 4. The molecule has 1 aliphatic rings. The Labute approximate surface area is 136 Å². The first-order chi connectivity index (χ1) is 10.0. The molecule has 0 unspecified atom stereocenters. The zero-order valence-corrected chi connectivity index (χ0v) is 13.7. The molecule has 0 fully saturated rings. The molecule has 0 aromatic heterocycles. The molecule has 21 heavy (non-hydrogen) atoms. The van der Waals surface area contributed by atoms with Crippen LogP contribution in [0.3, 0.4) is 0 Å². The van der Waals surface area contributed by atoms with Crippen molar-refractivity contribution in [2.24, 2.45) is 0 Å². The molecule has 0 saturated heterocycles. The second-order valence-electron chi connectivity index (χ2n) is 4.39. The summed E-state index contributed by atoms with van der Waals surface area (Å²) in [5.41, 5.74) is 0.642. The van der Waals surface area contributed by atoms with E-state index in [2.05, 4.69) is 37.2 Å². The standard InChI is InChI=1S/C14H9Br2F2NO2/c15-8-2-10(17)14(11(18)3-8)19-5-7-1-12-13(4-9(7)16)21-6-20-12/h1-4,19H,5-6H2. The molecule has 3 nitrogen and oxygen atoms in total. The number of nitrogens with one attached hydrogen (secondary N) is 1. The lowest BCUT2D eigenvalue weighted by molar-refractivity contribution is 0.174. The van der Waals surface area contributed by atoms with E-state index in [1.165, 1.54) is 12.1 Å². The fourth-order valence-electron chi connectivity index (χ4n) is 1.99. The predicted molar refractivity (Wildman–Crippen MR) is 81.6 cm³/mol. The van der Waals surface area contributed by atoms with Gasteiger partial charge in [0.05, 0.1) is 0 Å². The van der Waals surface area contributed by atoms with E-state index in [9.17, 15) is 8.78 Å². The van der Waals surface area contributed by atoms with Gasteiger partial charge in [-0.15, -0.1) is 0 Å². The molecule has 2 aromatic carbocycles. The number of benzene rings is 2. The molecule has 110 valence electrons. The lowest BCUT2D eigenvalue weighted by Crippen LogP contribution is -2.04. The first kappa shape index (κ1) is 14.6. The summed E-state index contributed by atoms with van der Waals surface area (Å²) >= 11 is 6.44. The van der Waals surface area contributed by atoms with Gasteiger partial charge in [-0.2, -0.15) is 0 Å². The minimum absolute atomic E-state index is 0.164. The zero-order valence-electron chi connectivity index (χ0n) is 10.6. The number of hydrogen-bond acceptors (Lipinski definition) is 3. The van der Waals surface area contributed by atoms with Crippen molar-refractivity contribution >= 4 is 37.5 Å². The Balaban J connectivity index is 1.83. The normalized spacial score (nSPS) is 12.6. The Morgan fingerprint density at radius 2 is 1.62 bits per heavy atom. The first-order valence-corrected chi connectivity index (χ1v) is 7.59. The van der Waals surface area contributed by atoms with Crippen molar-refractivity contribution in [1.29, 1.82) is 0 Å². The highest BCUT2D eigenvalue weighted by Crippen LogP contribution is 2.37. The molecule has 1 aliphatic heterocycles. The third kappa shape index (κ3) is 2.98. The van der Waals surface area contributed by atoms with Crippen molar-refractivity contribution in [1.82, 2.24) is 0 Å². The number of fused-ring (bicyclic) bond motifs is 1. The van der Waals surface area contributed by atoms with Gasteiger partial charge in [-0.25, -0.2) is 8.78 Å². The topological polar surface area (TPSA) is 30.5 Å². The van der Waals surface area contributed by atoms with E-state index in [0.717, 1.165) is 10.0 Å². The average Bonchev–Trinajstić information content (AvgIpc) is 2.84. The summed E-state index contributed by atoms with van der Waals surface area (Å²) in [6.45, 7) is 0.418. The molecule has 7 heteroatoms. The second-order valence-corrected chi connectivity index (χ2v) is 6.16. The molecule has 3 rings (SSSR count). The first-order valence-electron chi connectivity index (χ1n) is 6.01. The van der Waals surface area contributed by atoms with E-state index in [1.54, 1.807) is 12.1 Å². The summed E-state index contributed by atoms with van der Waals surface area (Å²) in [5, 5.41) is 2.76. The summed E-state index contributed by atoms with van der Waals surface area (Å²) < 4.78 is 39.2. The molecule has 0 amide bonds. The van der Waals surface area contributed by atoms with Gasteiger partial charge in [0.2, 0.25) is 6.79 Å². The molecular weight excluding hydrogens is 412 g/mol. The Kier molecular flexibility index (Phi) is 4.03. The van der Waals surface area contributed by atoms with Gasteiger partial charge < -0.3 is 14.8 Å². The van der Waals surface area contributed by atoms with Crippen LogP contribution in [-0.2, 0) is 6.54 Å². The van der Waals surface area contributed by atoms with Crippen molar-refractivity contribution in [3.8, 4) is 11.5 Å². The molecule has 1 heterocycles. The van der Waals surface area contributed by atoms with E-state index in [4.69, 9.17) is 9.47 Å². The van der Waals surface area contributed by atoms with Crippen LogP contribution in [0.2, 0.25) is 0 Å². The molecule has 0 atom stereocenters. The van der Waals surface area contributed by atoms with Gasteiger partial charge in [0, 0.05) is 15.5 Å². The largest absolute Gasteiger partial charge is 0.454 e. The monoisotopic (exact) mass is 419 g/mol. The van der Waals surface area contributed by atoms with Crippen molar-refractivity contribution in [2.75, 3.05) is 12.1 Å². The minimum atomic E-state index is -0.654. The Morgan fingerprint density at radius 1 is 1.00 bits per heavy atom. The van der Waals surface area contributed by atoms with Crippen LogP contribution in [0.5, 0.6) is 11.5 Å². The lowest BCUT2D eigenvalue weighted by atomic mass is 10.2. The van der Waals surface area contributed by atoms with E-state index in [1.807, 2.05) is 0 Å². The SMILES string of the molecule is Fc1cc(Br)cc(F)c1NCc1cc2c(cc1Br)OCO2. The average molecular weight is 421 g/mol. The van der Waals surface area contributed by atoms with E-state index < -0.39 is 11.6 Å². The maximum Gasteiger partial charge on any atom is 0.231 e. The number of rotatable bonds is 3. The highest BCUT2D eigenvalue weighted by Gasteiger charge is 2.17. The molecule has 0 radical (unpaired) electrons. The Bertz CT molecular complexity index is 687. The predicted octanol–water partition coefficient (Wildman–Crippen LogP) is 4.83. The van der Waals surface area contributed by atoms with Crippen LogP contribution in [0.15, 0.2) is 33.2 Å². The highest BCUT2D eigenvalue weighted by atomic mass is 79.9. The molecular formula is C14H9Br2F2NO2. The van der Waals surface area contributed by atoms with Crippen LogP contribution >= 0.6 is 31.9 Å². The van der Waals surface area contributed by atoms with Crippen molar-refractivity contribution in [3.63, 3.8) is 0 Å². The van der Waals surface area contributed by atoms with Gasteiger partial charge in [0.25, 0.3) is 0 Å². The summed E-state index contributed by atoms with van der Waals surface area (Å²) in [6.07, 6.45) is 0. The molecule has 0 aliphatic carbocycles.